The number of benzene rings is 2. The highest BCUT2D eigenvalue weighted by Gasteiger charge is 2.51. The van der Waals surface area contributed by atoms with E-state index in [2.05, 4.69) is 0 Å². The molecule has 0 saturated heterocycles. The van der Waals surface area contributed by atoms with E-state index in [1.807, 2.05) is 0 Å². The lowest BCUT2D eigenvalue weighted by atomic mass is 9.80. The van der Waals surface area contributed by atoms with E-state index in [9.17, 15) is 25.5 Å². The molecule has 0 spiro atoms. The smallest absolute Gasteiger partial charge is 0.200 e. The van der Waals surface area contributed by atoms with Gasteiger partial charge in [-0.25, -0.2) is 0 Å². The highest BCUT2D eigenvalue weighted by Crippen LogP contribution is 2.55. The lowest BCUT2D eigenvalue weighted by Gasteiger charge is -2.36. The molecule has 2 aromatic carbocycles. The predicted octanol–water partition coefficient (Wildman–Crippen LogP) is 0.496. The Balaban J connectivity index is 0.00000156. The molecule has 0 unspecified atom stereocenters. The molecule has 1 aliphatic carbocycles. The van der Waals surface area contributed by atoms with Gasteiger partial charge in [-0.2, -0.15) is 0 Å². The van der Waals surface area contributed by atoms with Crippen molar-refractivity contribution in [1.82, 2.24) is 0 Å². The van der Waals surface area contributed by atoms with Gasteiger partial charge in [-0.05, 0) is 29.3 Å². The van der Waals surface area contributed by atoms with Crippen LogP contribution in [0.1, 0.15) is 22.6 Å². The van der Waals surface area contributed by atoms with Crippen LogP contribution in [-0.4, -0.2) is 43.2 Å². The molecule has 23 heavy (non-hydrogen) atoms. The van der Waals surface area contributed by atoms with Crippen molar-refractivity contribution in [2.24, 2.45) is 0 Å². The van der Waals surface area contributed by atoms with E-state index in [0.29, 0.717) is 16.7 Å². The molecule has 2 aromatic rings. The van der Waals surface area contributed by atoms with Gasteiger partial charge in [0.15, 0.2) is 23.0 Å². The highest BCUT2D eigenvalue weighted by atomic mass is 16.5. The number of rotatable bonds is 0. The van der Waals surface area contributed by atoms with Crippen molar-refractivity contribution in [3.8, 4) is 28.7 Å². The molecular formula is C16H16O7. The minimum Gasteiger partial charge on any atom is -0.504 e. The second-order valence-corrected chi connectivity index (χ2v) is 5.89. The molecule has 0 fully saturated rings. The van der Waals surface area contributed by atoms with E-state index < -0.39 is 11.5 Å². The molecule has 2 atom stereocenters. The van der Waals surface area contributed by atoms with Crippen LogP contribution in [0.5, 0.6) is 28.7 Å². The van der Waals surface area contributed by atoms with Crippen LogP contribution in [-0.2, 0) is 6.42 Å². The molecule has 7 nitrogen and oxygen atoms in total. The number of fused-ring (bicyclic) bond motifs is 5. The summed E-state index contributed by atoms with van der Waals surface area (Å²) in [6.45, 7) is -0.0577. The first-order chi connectivity index (χ1) is 10.4. The third kappa shape index (κ3) is 1.90. The zero-order valence-corrected chi connectivity index (χ0v) is 11.9. The van der Waals surface area contributed by atoms with Gasteiger partial charge < -0.3 is 35.7 Å². The predicted molar refractivity (Wildman–Crippen MR) is 79.1 cm³/mol. The van der Waals surface area contributed by atoms with Gasteiger partial charge in [-0.15, -0.1) is 0 Å². The maximum Gasteiger partial charge on any atom is 0.200 e. The van der Waals surface area contributed by atoms with Gasteiger partial charge in [0, 0.05) is 17.9 Å². The van der Waals surface area contributed by atoms with Crippen molar-refractivity contribution >= 4 is 0 Å². The fraction of sp³-hybridized carbons (Fsp3) is 0.250. The van der Waals surface area contributed by atoms with Crippen molar-refractivity contribution in [3.63, 3.8) is 0 Å². The second-order valence-electron chi connectivity index (χ2n) is 5.89. The van der Waals surface area contributed by atoms with Crippen molar-refractivity contribution < 1.29 is 35.7 Å². The van der Waals surface area contributed by atoms with Crippen molar-refractivity contribution in [1.29, 1.82) is 0 Å². The van der Waals surface area contributed by atoms with Gasteiger partial charge in [0.1, 0.15) is 12.2 Å². The number of aromatic hydroxyl groups is 4. The average molecular weight is 320 g/mol. The fourth-order valence-corrected chi connectivity index (χ4v) is 3.52. The second kappa shape index (κ2) is 4.68. The van der Waals surface area contributed by atoms with Crippen molar-refractivity contribution in [3.05, 3.63) is 41.0 Å². The van der Waals surface area contributed by atoms with E-state index >= 15 is 0 Å². The number of hydrogen-bond donors (Lipinski definition) is 5. The van der Waals surface area contributed by atoms with Crippen LogP contribution in [0, 0.1) is 0 Å². The van der Waals surface area contributed by atoms with E-state index in [1.54, 1.807) is 6.07 Å². The molecule has 2 aliphatic rings. The quantitative estimate of drug-likeness (QED) is 0.447. The SMILES string of the molecule is O.Oc1cc2c(cc1O)[C@@H]1c3ccc(O)c(O)c3OC[C@]1(O)C2. The van der Waals surface area contributed by atoms with Gasteiger partial charge in [-0.1, -0.05) is 6.07 Å². The van der Waals surface area contributed by atoms with E-state index in [4.69, 9.17) is 4.74 Å². The minimum absolute atomic E-state index is 0. The third-order valence-electron chi connectivity index (χ3n) is 4.50. The van der Waals surface area contributed by atoms with Gasteiger partial charge in [0.25, 0.3) is 0 Å². The number of ether oxygens (including phenoxy) is 1. The molecule has 1 aliphatic heterocycles. The van der Waals surface area contributed by atoms with Crippen LogP contribution in [0.2, 0.25) is 0 Å². The van der Waals surface area contributed by atoms with E-state index in [1.165, 1.54) is 18.2 Å². The Morgan fingerprint density at radius 2 is 1.65 bits per heavy atom. The third-order valence-corrected chi connectivity index (χ3v) is 4.50. The number of hydrogen-bond acceptors (Lipinski definition) is 6. The molecule has 4 rings (SSSR count). The Kier molecular flexibility index (Phi) is 3.10. The Morgan fingerprint density at radius 3 is 2.39 bits per heavy atom. The van der Waals surface area contributed by atoms with E-state index in [0.717, 1.165) is 0 Å². The van der Waals surface area contributed by atoms with Gasteiger partial charge in [-0.3, -0.25) is 0 Å². The lowest BCUT2D eigenvalue weighted by molar-refractivity contribution is -0.0228. The maximum atomic E-state index is 10.9. The summed E-state index contributed by atoms with van der Waals surface area (Å²) in [6, 6.07) is 5.77. The summed E-state index contributed by atoms with van der Waals surface area (Å²) in [5.74, 6) is -1.54. The van der Waals surface area contributed by atoms with Crippen molar-refractivity contribution in [2.75, 3.05) is 6.61 Å². The molecule has 0 aromatic heterocycles. The fourth-order valence-electron chi connectivity index (χ4n) is 3.52. The summed E-state index contributed by atoms with van der Waals surface area (Å²) >= 11 is 0. The molecule has 0 bridgehead atoms. The molecule has 0 amide bonds. The van der Waals surface area contributed by atoms with Crippen LogP contribution in [0.3, 0.4) is 0 Å². The standard InChI is InChI=1S/C16H14O6.H2O/c17-10-2-1-8-13-9-4-12(19)11(18)3-7(9)5-16(13,21)6-22-15(8)14(10)20;/h1-4,13,17-21H,5-6H2;1H2/t13-,16+;/m0./s1. The van der Waals surface area contributed by atoms with Gasteiger partial charge in [0.05, 0.1) is 0 Å². The molecule has 122 valence electrons. The molecule has 0 radical (unpaired) electrons. The van der Waals surface area contributed by atoms with Crippen molar-refractivity contribution in [2.45, 2.75) is 17.9 Å². The molecule has 1 heterocycles. The molecule has 0 saturated carbocycles. The van der Waals surface area contributed by atoms with Crippen LogP contribution >= 0.6 is 0 Å². The summed E-state index contributed by atoms with van der Waals surface area (Å²) in [5, 5.41) is 49.8. The Labute approximate surface area is 131 Å². The largest absolute Gasteiger partial charge is 0.504 e. The monoisotopic (exact) mass is 320 g/mol. The molecular weight excluding hydrogens is 304 g/mol. The zero-order chi connectivity index (χ0) is 15.6. The Morgan fingerprint density at radius 1 is 0.957 bits per heavy atom. The van der Waals surface area contributed by atoms with E-state index in [-0.39, 0.29) is 47.3 Å². The molecule has 7 N–H and O–H groups in total. The maximum absolute atomic E-state index is 10.9. The summed E-state index contributed by atoms with van der Waals surface area (Å²) in [5.41, 5.74) is 0.700. The van der Waals surface area contributed by atoms with Crippen LogP contribution < -0.4 is 4.74 Å². The van der Waals surface area contributed by atoms with Crippen LogP contribution in [0.25, 0.3) is 0 Å². The lowest BCUT2D eigenvalue weighted by Crippen LogP contribution is -2.43. The summed E-state index contributed by atoms with van der Waals surface area (Å²) in [7, 11) is 0. The highest BCUT2D eigenvalue weighted by molar-refractivity contribution is 5.63. The average Bonchev–Trinajstić information content (AvgIpc) is 2.75. The zero-order valence-electron chi connectivity index (χ0n) is 11.9. The van der Waals surface area contributed by atoms with Gasteiger partial charge >= 0.3 is 0 Å². The summed E-state index contributed by atoms with van der Waals surface area (Å²) in [6.07, 6.45) is 0.266. The van der Waals surface area contributed by atoms with Crippen LogP contribution in [0.4, 0.5) is 0 Å². The van der Waals surface area contributed by atoms with Gasteiger partial charge in [0.2, 0.25) is 5.75 Å². The number of aliphatic hydroxyl groups is 1. The Hall–Kier alpha value is -2.64. The number of phenolic OH excluding ortho intramolecular Hbond substituents is 4. The Bertz CT molecular complexity index is 802. The summed E-state index contributed by atoms with van der Waals surface area (Å²) < 4.78 is 5.46. The number of phenols is 4. The normalized spacial score (nSPS) is 24.0. The minimum atomic E-state index is -1.22. The topological polar surface area (TPSA) is 142 Å². The molecule has 7 heteroatoms. The first kappa shape index (κ1) is 15.3. The first-order valence-electron chi connectivity index (χ1n) is 6.85. The van der Waals surface area contributed by atoms with Crippen LogP contribution in [0.15, 0.2) is 24.3 Å². The summed E-state index contributed by atoms with van der Waals surface area (Å²) in [4.78, 5) is 0. The first-order valence-corrected chi connectivity index (χ1v) is 6.85.